The van der Waals surface area contributed by atoms with Gasteiger partial charge in [-0.3, -0.25) is 0 Å². The number of hydrogen-bond acceptors (Lipinski definition) is 2. The molecule has 1 atom stereocenters. The molecular formula is C13H25NO. The first kappa shape index (κ1) is 14.5. The van der Waals surface area contributed by atoms with Crippen molar-refractivity contribution < 1.29 is 5.11 Å². The van der Waals surface area contributed by atoms with Gasteiger partial charge in [0, 0.05) is 6.42 Å². The first-order valence-electron chi connectivity index (χ1n) is 5.84. The molecule has 0 aliphatic carbocycles. The molecule has 88 valence electrons. The quantitative estimate of drug-likeness (QED) is 0.476. The molecule has 0 aromatic carbocycles. The highest BCUT2D eigenvalue weighted by Crippen LogP contribution is 2.16. The van der Waals surface area contributed by atoms with E-state index in [1.807, 2.05) is 6.92 Å². The van der Waals surface area contributed by atoms with Crippen molar-refractivity contribution in [1.82, 2.24) is 5.32 Å². The van der Waals surface area contributed by atoms with E-state index < -0.39 is 5.60 Å². The summed E-state index contributed by atoms with van der Waals surface area (Å²) in [6.45, 7) is 8.14. The topological polar surface area (TPSA) is 32.3 Å². The SMILES string of the molecule is C#CCCCC(C)(O)CCNCC(C)C. The third-order valence-corrected chi connectivity index (χ3v) is 2.43. The maximum atomic E-state index is 10.00. The van der Waals surface area contributed by atoms with Crippen LogP contribution in [0, 0.1) is 18.3 Å². The summed E-state index contributed by atoms with van der Waals surface area (Å²) >= 11 is 0. The summed E-state index contributed by atoms with van der Waals surface area (Å²) in [5, 5.41) is 13.3. The van der Waals surface area contributed by atoms with Crippen molar-refractivity contribution in [2.75, 3.05) is 13.1 Å². The predicted molar refractivity (Wildman–Crippen MR) is 65.6 cm³/mol. The van der Waals surface area contributed by atoms with Gasteiger partial charge < -0.3 is 10.4 Å². The van der Waals surface area contributed by atoms with E-state index in [0.29, 0.717) is 5.92 Å². The van der Waals surface area contributed by atoms with Crippen LogP contribution in [0.15, 0.2) is 0 Å². The molecule has 0 rings (SSSR count). The highest BCUT2D eigenvalue weighted by molar-refractivity contribution is 4.85. The van der Waals surface area contributed by atoms with Crippen LogP contribution in [0.2, 0.25) is 0 Å². The van der Waals surface area contributed by atoms with Gasteiger partial charge in [0.1, 0.15) is 0 Å². The van der Waals surface area contributed by atoms with E-state index in [2.05, 4.69) is 25.1 Å². The van der Waals surface area contributed by atoms with Crippen molar-refractivity contribution in [2.24, 2.45) is 5.92 Å². The second kappa shape index (κ2) is 7.73. The van der Waals surface area contributed by atoms with Gasteiger partial charge in [-0.25, -0.2) is 0 Å². The highest BCUT2D eigenvalue weighted by atomic mass is 16.3. The zero-order chi connectivity index (χ0) is 11.7. The Morgan fingerprint density at radius 3 is 2.60 bits per heavy atom. The lowest BCUT2D eigenvalue weighted by atomic mass is 9.95. The van der Waals surface area contributed by atoms with Gasteiger partial charge in [-0.05, 0) is 45.2 Å². The number of nitrogens with one attached hydrogen (secondary N) is 1. The van der Waals surface area contributed by atoms with Gasteiger partial charge in [0.25, 0.3) is 0 Å². The predicted octanol–water partition coefficient (Wildman–Crippen LogP) is 2.18. The van der Waals surface area contributed by atoms with Crippen LogP contribution in [-0.4, -0.2) is 23.8 Å². The molecule has 0 saturated carbocycles. The van der Waals surface area contributed by atoms with Crippen LogP contribution in [0.25, 0.3) is 0 Å². The zero-order valence-corrected chi connectivity index (χ0v) is 10.3. The van der Waals surface area contributed by atoms with Crippen molar-refractivity contribution in [2.45, 2.75) is 52.1 Å². The Bertz CT molecular complexity index is 191. The number of unbranched alkanes of at least 4 members (excludes halogenated alkanes) is 1. The van der Waals surface area contributed by atoms with Crippen LogP contribution in [0.4, 0.5) is 0 Å². The Labute approximate surface area is 94.5 Å². The van der Waals surface area contributed by atoms with Gasteiger partial charge in [-0.2, -0.15) is 0 Å². The van der Waals surface area contributed by atoms with E-state index in [-0.39, 0.29) is 0 Å². The van der Waals surface area contributed by atoms with Crippen LogP contribution in [-0.2, 0) is 0 Å². The summed E-state index contributed by atoms with van der Waals surface area (Å²) in [4.78, 5) is 0. The Morgan fingerprint density at radius 1 is 1.40 bits per heavy atom. The van der Waals surface area contributed by atoms with Crippen molar-refractivity contribution in [3.63, 3.8) is 0 Å². The van der Waals surface area contributed by atoms with Crippen molar-refractivity contribution in [3.8, 4) is 12.3 Å². The minimum Gasteiger partial charge on any atom is -0.390 e. The van der Waals surface area contributed by atoms with Gasteiger partial charge in [0.15, 0.2) is 0 Å². The third-order valence-electron chi connectivity index (χ3n) is 2.43. The smallest absolute Gasteiger partial charge is 0.0632 e. The summed E-state index contributed by atoms with van der Waals surface area (Å²) in [6.07, 6.45) is 8.43. The summed E-state index contributed by atoms with van der Waals surface area (Å²) in [5.74, 6) is 3.26. The number of rotatable bonds is 8. The summed E-state index contributed by atoms with van der Waals surface area (Å²) < 4.78 is 0. The minimum atomic E-state index is -0.569. The van der Waals surface area contributed by atoms with E-state index in [1.54, 1.807) is 0 Å². The van der Waals surface area contributed by atoms with Gasteiger partial charge in [0.05, 0.1) is 5.60 Å². The zero-order valence-electron chi connectivity index (χ0n) is 10.3. The second-order valence-electron chi connectivity index (χ2n) is 4.90. The molecule has 0 radical (unpaired) electrons. The van der Waals surface area contributed by atoms with E-state index in [4.69, 9.17) is 6.42 Å². The van der Waals surface area contributed by atoms with Crippen molar-refractivity contribution in [1.29, 1.82) is 0 Å². The molecule has 0 aromatic heterocycles. The molecule has 1 unspecified atom stereocenters. The van der Waals surface area contributed by atoms with E-state index in [9.17, 15) is 5.11 Å². The first-order valence-corrected chi connectivity index (χ1v) is 5.84. The molecule has 0 bridgehead atoms. The molecule has 0 heterocycles. The van der Waals surface area contributed by atoms with E-state index in [0.717, 1.165) is 38.8 Å². The van der Waals surface area contributed by atoms with Crippen LogP contribution in [0.3, 0.4) is 0 Å². The lowest BCUT2D eigenvalue weighted by molar-refractivity contribution is 0.0405. The molecule has 0 amide bonds. The van der Waals surface area contributed by atoms with Crippen LogP contribution in [0.5, 0.6) is 0 Å². The molecule has 0 aliphatic rings. The summed E-state index contributed by atoms with van der Waals surface area (Å²) in [6, 6.07) is 0. The molecule has 2 heteroatoms. The van der Waals surface area contributed by atoms with Crippen molar-refractivity contribution >= 4 is 0 Å². The first-order chi connectivity index (χ1) is 6.98. The van der Waals surface area contributed by atoms with Gasteiger partial charge in [0.2, 0.25) is 0 Å². The normalized spacial score (nSPS) is 14.9. The Morgan fingerprint density at radius 2 is 2.07 bits per heavy atom. The second-order valence-corrected chi connectivity index (χ2v) is 4.90. The summed E-state index contributed by atoms with van der Waals surface area (Å²) in [7, 11) is 0. The fourth-order valence-electron chi connectivity index (χ4n) is 1.44. The van der Waals surface area contributed by atoms with Gasteiger partial charge in [-0.1, -0.05) is 13.8 Å². The molecule has 0 fully saturated rings. The Hall–Kier alpha value is -0.520. The highest BCUT2D eigenvalue weighted by Gasteiger charge is 2.18. The molecule has 15 heavy (non-hydrogen) atoms. The standard InChI is InChI=1S/C13H25NO/c1-5-6-7-8-13(4,15)9-10-14-11-12(2)3/h1,12,14-15H,6-11H2,2-4H3. The van der Waals surface area contributed by atoms with Gasteiger partial charge >= 0.3 is 0 Å². The average Bonchev–Trinajstić information content (AvgIpc) is 2.13. The molecule has 0 aromatic rings. The fourth-order valence-corrected chi connectivity index (χ4v) is 1.44. The molecule has 0 saturated heterocycles. The monoisotopic (exact) mass is 211 g/mol. The largest absolute Gasteiger partial charge is 0.390 e. The van der Waals surface area contributed by atoms with Crippen LogP contribution in [0.1, 0.15) is 46.5 Å². The molecular weight excluding hydrogens is 186 g/mol. The number of hydrogen-bond donors (Lipinski definition) is 2. The Kier molecular flexibility index (Phi) is 7.46. The third kappa shape index (κ3) is 9.78. The lowest BCUT2D eigenvalue weighted by Crippen LogP contribution is -2.31. The summed E-state index contributed by atoms with van der Waals surface area (Å²) in [5.41, 5.74) is -0.569. The maximum absolute atomic E-state index is 10.00. The molecule has 2 N–H and O–H groups in total. The number of terminal acetylenes is 1. The number of aliphatic hydroxyl groups is 1. The van der Waals surface area contributed by atoms with Crippen molar-refractivity contribution in [3.05, 3.63) is 0 Å². The molecule has 0 aliphatic heterocycles. The Balaban J connectivity index is 3.51. The lowest BCUT2D eigenvalue weighted by Gasteiger charge is -2.23. The fraction of sp³-hybridized carbons (Fsp3) is 0.846. The van der Waals surface area contributed by atoms with Gasteiger partial charge in [-0.15, -0.1) is 12.3 Å². The minimum absolute atomic E-state index is 0.569. The average molecular weight is 211 g/mol. The van der Waals surface area contributed by atoms with Crippen LogP contribution >= 0.6 is 0 Å². The van der Waals surface area contributed by atoms with E-state index in [1.165, 1.54) is 0 Å². The van der Waals surface area contributed by atoms with Crippen LogP contribution < -0.4 is 5.32 Å². The van der Waals surface area contributed by atoms with E-state index >= 15 is 0 Å². The molecule has 0 spiro atoms. The maximum Gasteiger partial charge on any atom is 0.0632 e. The molecule has 2 nitrogen and oxygen atoms in total.